The van der Waals surface area contributed by atoms with Crippen LogP contribution in [0.5, 0.6) is 5.75 Å². The van der Waals surface area contributed by atoms with Gasteiger partial charge in [0, 0.05) is 11.6 Å². The molecule has 9 nitrogen and oxygen atoms in total. The minimum absolute atomic E-state index is 0.287. The van der Waals surface area contributed by atoms with Gasteiger partial charge in [-0.3, -0.25) is 14.9 Å². The van der Waals surface area contributed by atoms with E-state index in [0.29, 0.717) is 24.7 Å². The van der Waals surface area contributed by atoms with Gasteiger partial charge in [0.1, 0.15) is 11.6 Å². The quantitative estimate of drug-likeness (QED) is 0.660. The van der Waals surface area contributed by atoms with Crippen LogP contribution in [0.2, 0.25) is 0 Å². The zero-order chi connectivity index (χ0) is 17.8. The summed E-state index contributed by atoms with van der Waals surface area (Å²) in [6.45, 7) is 0.632. The summed E-state index contributed by atoms with van der Waals surface area (Å²) in [5.41, 5.74) is 4.78. The minimum atomic E-state index is -0.905. The van der Waals surface area contributed by atoms with E-state index in [0.717, 1.165) is 10.8 Å². The Bertz CT molecular complexity index is 936. The third-order valence-corrected chi connectivity index (χ3v) is 4.56. The lowest BCUT2D eigenvalue weighted by molar-refractivity contribution is -0.124. The first-order valence-electron chi connectivity index (χ1n) is 7.59. The number of carbonyl (C=O) groups excluding carboxylic acids is 3. The number of nitrogens with two attached hydrogens (primary N) is 1. The Hall–Kier alpha value is -3.36. The van der Waals surface area contributed by atoms with Crippen LogP contribution in [-0.4, -0.2) is 48.6 Å². The number of methoxy groups -OCH3 is 1. The van der Waals surface area contributed by atoms with Crippen LogP contribution < -0.4 is 26.0 Å². The molecule has 1 aromatic carbocycles. The summed E-state index contributed by atoms with van der Waals surface area (Å²) in [6.07, 6.45) is 1.62. The van der Waals surface area contributed by atoms with Crippen LogP contribution in [0.1, 0.15) is 10.4 Å². The van der Waals surface area contributed by atoms with E-state index in [1.54, 1.807) is 24.4 Å². The standard InChI is InChI=1S/C16H15N5O4/c1-25-11-5-9-8(4-10(11)12(17)22)2-3-18-13(9)21-6-16(7-21)14(23)19-15(24)20-16/h2-5H,6-7H2,1H3,(H2,17,22)(H2,19,20,23,24). The Balaban J connectivity index is 1.73. The highest BCUT2D eigenvalue weighted by atomic mass is 16.5. The fourth-order valence-corrected chi connectivity index (χ4v) is 3.31. The molecule has 0 bridgehead atoms. The highest BCUT2D eigenvalue weighted by Crippen LogP contribution is 2.35. The summed E-state index contributed by atoms with van der Waals surface area (Å²) in [6, 6.07) is 4.64. The second-order valence-electron chi connectivity index (χ2n) is 6.12. The first-order chi connectivity index (χ1) is 11.9. The number of fused-ring (bicyclic) bond motifs is 1. The summed E-state index contributed by atoms with van der Waals surface area (Å²) in [7, 11) is 1.46. The zero-order valence-corrected chi connectivity index (χ0v) is 13.3. The van der Waals surface area contributed by atoms with Crippen LogP contribution in [-0.2, 0) is 4.79 Å². The summed E-state index contributed by atoms with van der Waals surface area (Å²) in [4.78, 5) is 41.2. The van der Waals surface area contributed by atoms with Gasteiger partial charge in [-0.15, -0.1) is 0 Å². The third-order valence-electron chi connectivity index (χ3n) is 4.56. The molecule has 2 aliphatic heterocycles. The molecule has 4 amide bonds. The van der Waals surface area contributed by atoms with E-state index in [2.05, 4.69) is 15.6 Å². The number of urea groups is 1. The number of carbonyl (C=O) groups is 3. The smallest absolute Gasteiger partial charge is 0.322 e. The Morgan fingerprint density at radius 3 is 2.72 bits per heavy atom. The largest absolute Gasteiger partial charge is 0.496 e. The van der Waals surface area contributed by atoms with Crippen molar-refractivity contribution in [2.45, 2.75) is 5.54 Å². The maximum atomic E-state index is 11.9. The average Bonchev–Trinajstić information content (AvgIpc) is 2.86. The molecule has 0 radical (unpaired) electrons. The molecule has 9 heteroatoms. The van der Waals surface area contributed by atoms with E-state index in [-0.39, 0.29) is 11.5 Å². The highest BCUT2D eigenvalue weighted by molar-refractivity contribution is 6.09. The Morgan fingerprint density at radius 1 is 1.36 bits per heavy atom. The molecule has 0 atom stereocenters. The summed E-state index contributed by atoms with van der Waals surface area (Å²) in [5, 5.41) is 6.45. The number of anilines is 1. The second-order valence-corrected chi connectivity index (χ2v) is 6.12. The van der Waals surface area contributed by atoms with Gasteiger partial charge in [0.05, 0.1) is 25.8 Å². The van der Waals surface area contributed by atoms with Gasteiger partial charge in [-0.1, -0.05) is 0 Å². The number of primary amides is 1. The Kier molecular flexibility index (Phi) is 3.08. The predicted molar refractivity (Wildman–Crippen MR) is 88.4 cm³/mol. The van der Waals surface area contributed by atoms with Gasteiger partial charge < -0.3 is 20.7 Å². The van der Waals surface area contributed by atoms with Gasteiger partial charge >= 0.3 is 6.03 Å². The fraction of sp³-hybridized carbons (Fsp3) is 0.250. The molecule has 0 saturated carbocycles. The fourth-order valence-electron chi connectivity index (χ4n) is 3.31. The molecule has 2 aromatic rings. The number of hydrogen-bond donors (Lipinski definition) is 3. The van der Waals surface area contributed by atoms with E-state index >= 15 is 0 Å². The number of ether oxygens (including phenoxy) is 1. The van der Waals surface area contributed by atoms with E-state index < -0.39 is 17.5 Å². The maximum Gasteiger partial charge on any atom is 0.322 e. The normalized spacial score (nSPS) is 18.0. The predicted octanol–water partition coefficient (Wildman–Crippen LogP) is -0.259. The monoisotopic (exact) mass is 341 g/mol. The lowest BCUT2D eigenvalue weighted by atomic mass is 9.89. The van der Waals surface area contributed by atoms with Gasteiger partial charge in [-0.2, -0.15) is 0 Å². The van der Waals surface area contributed by atoms with Crippen LogP contribution in [0.3, 0.4) is 0 Å². The molecule has 4 N–H and O–H groups in total. The van der Waals surface area contributed by atoms with Gasteiger partial charge in [-0.05, 0) is 23.6 Å². The van der Waals surface area contributed by atoms with Crippen molar-refractivity contribution in [3.63, 3.8) is 0 Å². The van der Waals surface area contributed by atoms with Crippen molar-refractivity contribution in [3.05, 3.63) is 30.0 Å². The lowest BCUT2D eigenvalue weighted by Crippen LogP contribution is -2.71. The van der Waals surface area contributed by atoms with Gasteiger partial charge in [0.2, 0.25) is 0 Å². The number of rotatable bonds is 3. The molecule has 0 aliphatic carbocycles. The van der Waals surface area contributed by atoms with Gasteiger partial charge in [0.25, 0.3) is 11.8 Å². The van der Waals surface area contributed by atoms with Crippen LogP contribution in [0.15, 0.2) is 24.4 Å². The topological polar surface area (TPSA) is 127 Å². The summed E-state index contributed by atoms with van der Waals surface area (Å²) >= 11 is 0. The molecular formula is C16H15N5O4. The molecular weight excluding hydrogens is 326 g/mol. The number of hydrogen-bond acceptors (Lipinski definition) is 6. The SMILES string of the molecule is COc1cc2c(N3CC4(C3)NC(=O)NC4=O)nccc2cc1C(N)=O. The molecule has 128 valence electrons. The van der Waals surface area contributed by atoms with Crippen LogP contribution in [0, 0.1) is 0 Å². The van der Waals surface area contributed by atoms with Gasteiger partial charge in [-0.25, -0.2) is 9.78 Å². The molecule has 3 heterocycles. The third kappa shape index (κ3) is 2.16. The molecule has 1 spiro atoms. The van der Waals surface area contributed by atoms with E-state index in [4.69, 9.17) is 10.5 Å². The van der Waals surface area contributed by atoms with Crippen molar-refractivity contribution in [2.24, 2.45) is 5.73 Å². The van der Waals surface area contributed by atoms with Crippen molar-refractivity contribution in [3.8, 4) is 5.75 Å². The summed E-state index contributed by atoms with van der Waals surface area (Å²) < 4.78 is 5.26. The number of nitrogens with zero attached hydrogens (tertiary/aromatic N) is 2. The molecule has 25 heavy (non-hydrogen) atoms. The van der Waals surface area contributed by atoms with Crippen LogP contribution in [0.25, 0.3) is 10.8 Å². The molecule has 2 saturated heterocycles. The number of nitrogens with one attached hydrogen (secondary N) is 2. The molecule has 2 fully saturated rings. The molecule has 0 unspecified atom stereocenters. The molecule has 2 aliphatic rings. The zero-order valence-electron chi connectivity index (χ0n) is 13.3. The van der Waals surface area contributed by atoms with Crippen LogP contribution in [0.4, 0.5) is 10.6 Å². The van der Waals surface area contributed by atoms with E-state index in [9.17, 15) is 14.4 Å². The van der Waals surface area contributed by atoms with Crippen molar-refractivity contribution in [1.82, 2.24) is 15.6 Å². The average molecular weight is 341 g/mol. The number of benzene rings is 1. The Morgan fingerprint density at radius 2 is 2.12 bits per heavy atom. The van der Waals surface area contributed by atoms with Crippen molar-refractivity contribution >= 4 is 34.4 Å². The van der Waals surface area contributed by atoms with Crippen LogP contribution >= 0.6 is 0 Å². The first kappa shape index (κ1) is 15.2. The second kappa shape index (κ2) is 5.07. The lowest BCUT2D eigenvalue weighted by Gasteiger charge is -2.46. The summed E-state index contributed by atoms with van der Waals surface area (Å²) in [5.74, 6) is 0.0933. The number of imide groups is 1. The number of pyridine rings is 1. The van der Waals surface area contributed by atoms with E-state index in [1.165, 1.54) is 7.11 Å². The van der Waals surface area contributed by atoms with Gasteiger partial charge in [0.15, 0.2) is 5.54 Å². The molecule has 1 aromatic heterocycles. The minimum Gasteiger partial charge on any atom is -0.496 e. The maximum absolute atomic E-state index is 11.9. The first-order valence-corrected chi connectivity index (χ1v) is 7.59. The number of aromatic nitrogens is 1. The number of amides is 4. The Labute approximate surface area is 142 Å². The highest BCUT2D eigenvalue weighted by Gasteiger charge is 2.55. The van der Waals surface area contributed by atoms with Crippen molar-refractivity contribution in [2.75, 3.05) is 25.1 Å². The molecule has 4 rings (SSSR count). The van der Waals surface area contributed by atoms with Crippen molar-refractivity contribution in [1.29, 1.82) is 0 Å². The van der Waals surface area contributed by atoms with Crippen molar-refractivity contribution < 1.29 is 19.1 Å². The van der Waals surface area contributed by atoms with E-state index in [1.807, 2.05) is 4.90 Å².